The average molecular weight is 255 g/mol. The largest absolute Gasteiger partial charge is 0.466 e. The molecule has 0 N–H and O–H groups in total. The Balaban J connectivity index is 1.74. The maximum atomic E-state index is 11.4. The molecule has 0 amide bonds. The summed E-state index contributed by atoms with van der Waals surface area (Å²) in [5, 5.41) is 0. The van der Waals surface area contributed by atoms with Gasteiger partial charge in [-0.1, -0.05) is 0 Å². The van der Waals surface area contributed by atoms with Crippen LogP contribution in [0.2, 0.25) is 0 Å². The second-order valence-electron chi connectivity index (χ2n) is 5.57. The molecule has 1 spiro atoms. The molecular formula is C14H25NO3. The maximum absolute atomic E-state index is 11.4. The number of carbonyl (C=O) groups excluding carboxylic acids is 1. The molecule has 0 aromatic heterocycles. The van der Waals surface area contributed by atoms with E-state index in [2.05, 4.69) is 11.9 Å². The zero-order valence-corrected chi connectivity index (χ0v) is 11.6. The molecule has 1 atom stereocenters. The van der Waals surface area contributed by atoms with E-state index in [9.17, 15) is 4.79 Å². The summed E-state index contributed by atoms with van der Waals surface area (Å²) in [5.74, 6) is -0.0882. The molecule has 2 rings (SSSR count). The molecule has 1 saturated carbocycles. The molecule has 2 fully saturated rings. The first kappa shape index (κ1) is 13.8. The van der Waals surface area contributed by atoms with Crippen molar-refractivity contribution < 1.29 is 14.3 Å². The minimum atomic E-state index is -0.0882. The molecule has 1 aliphatic heterocycles. The molecule has 1 unspecified atom stereocenters. The minimum Gasteiger partial charge on any atom is -0.466 e. The number of rotatable bonds is 5. The third-order valence-corrected chi connectivity index (χ3v) is 4.33. The van der Waals surface area contributed by atoms with Crippen LogP contribution in [0.15, 0.2) is 0 Å². The Morgan fingerprint density at radius 3 is 2.89 bits per heavy atom. The predicted octanol–water partition coefficient (Wildman–Crippen LogP) is 1.97. The summed E-state index contributed by atoms with van der Waals surface area (Å²) in [7, 11) is 2.11. The second-order valence-corrected chi connectivity index (χ2v) is 5.57. The van der Waals surface area contributed by atoms with Gasteiger partial charge in [0.25, 0.3) is 0 Å². The minimum absolute atomic E-state index is 0.0882. The summed E-state index contributed by atoms with van der Waals surface area (Å²) in [6, 6.07) is 0.563. The van der Waals surface area contributed by atoms with Crippen LogP contribution in [-0.2, 0) is 14.3 Å². The monoisotopic (exact) mass is 255 g/mol. The zero-order valence-electron chi connectivity index (χ0n) is 11.6. The van der Waals surface area contributed by atoms with Crippen LogP contribution >= 0.6 is 0 Å². The van der Waals surface area contributed by atoms with Gasteiger partial charge >= 0.3 is 5.97 Å². The first-order chi connectivity index (χ1) is 8.65. The van der Waals surface area contributed by atoms with E-state index in [1.165, 1.54) is 19.3 Å². The number of carbonyl (C=O) groups is 1. The molecule has 0 radical (unpaired) electrons. The van der Waals surface area contributed by atoms with Gasteiger partial charge in [-0.3, -0.25) is 4.79 Å². The molecule has 4 heteroatoms. The molecule has 1 saturated heterocycles. The van der Waals surface area contributed by atoms with Gasteiger partial charge < -0.3 is 14.4 Å². The van der Waals surface area contributed by atoms with Crippen LogP contribution in [0.1, 0.15) is 45.4 Å². The van der Waals surface area contributed by atoms with E-state index in [1.807, 2.05) is 6.92 Å². The van der Waals surface area contributed by atoms with Gasteiger partial charge in [0.2, 0.25) is 0 Å². The lowest BCUT2D eigenvalue weighted by Crippen LogP contribution is -2.51. The smallest absolute Gasteiger partial charge is 0.307 e. The standard InChI is InChI=1S/C14H25NO3/c1-3-17-13(16)5-9-15(2)12-6-10-18-14(11-12)7-4-8-14/h12H,3-11H2,1-2H3. The molecule has 0 bridgehead atoms. The van der Waals surface area contributed by atoms with Crippen LogP contribution < -0.4 is 0 Å². The Labute approximate surface area is 110 Å². The Kier molecular flexibility index (Phi) is 4.62. The lowest BCUT2D eigenvalue weighted by Gasteiger charge is -2.49. The van der Waals surface area contributed by atoms with Gasteiger partial charge in [0.05, 0.1) is 18.6 Å². The third kappa shape index (κ3) is 3.23. The fourth-order valence-corrected chi connectivity index (χ4v) is 2.98. The van der Waals surface area contributed by atoms with E-state index in [0.29, 0.717) is 19.1 Å². The van der Waals surface area contributed by atoms with Crippen molar-refractivity contribution in [2.45, 2.75) is 57.1 Å². The molecular weight excluding hydrogens is 230 g/mol. The van der Waals surface area contributed by atoms with E-state index in [-0.39, 0.29) is 11.6 Å². The Hall–Kier alpha value is -0.610. The van der Waals surface area contributed by atoms with Crippen molar-refractivity contribution in [2.75, 3.05) is 26.8 Å². The quantitative estimate of drug-likeness (QED) is 0.704. The number of nitrogens with zero attached hydrogens (tertiary/aromatic N) is 1. The predicted molar refractivity (Wildman–Crippen MR) is 69.4 cm³/mol. The van der Waals surface area contributed by atoms with Crippen LogP contribution in [0.4, 0.5) is 0 Å². The van der Waals surface area contributed by atoms with Crippen molar-refractivity contribution >= 4 is 5.97 Å². The summed E-state index contributed by atoms with van der Waals surface area (Å²) in [6.45, 7) is 3.98. The SMILES string of the molecule is CCOC(=O)CCN(C)C1CCOC2(CCC2)C1. The first-order valence-electron chi connectivity index (χ1n) is 7.15. The van der Waals surface area contributed by atoms with Gasteiger partial charge in [-0.25, -0.2) is 0 Å². The van der Waals surface area contributed by atoms with Crippen molar-refractivity contribution in [3.63, 3.8) is 0 Å². The normalized spacial score (nSPS) is 26.1. The topological polar surface area (TPSA) is 38.8 Å². The van der Waals surface area contributed by atoms with Crippen LogP contribution in [0.25, 0.3) is 0 Å². The summed E-state index contributed by atoms with van der Waals surface area (Å²) >= 11 is 0. The molecule has 2 aliphatic rings. The fourth-order valence-electron chi connectivity index (χ4n) is 2.98. The van der Waals surface area contributed by atoms with Crippen LogP contribution in [0, 0.1) is 0 Å². The summed E-state index contributed by atoms with van der Waals surface area (Å²) in [5.41, 5.74) is 0.182. The van der Waals surface area contributed by atoms with Crippen LogP contribution in [-0.4, -0.2) is 49.3 Å². The first-order valence-corrected chi connectivity index (χ1v) is 7.15. The van der Waals surface area contributed by atoms with E-state index < -0.39 is 0 Å². The highest BCUT2D eigenvalue weighted by Gasteiger charge is 2.43. The van der Waals surface area contributed by atoms with Crippen molar-refractivity contribution in [3.8, 4) is 0 Å². The summed E-state index contributed by atoms with van der Waals surface area (Å²) < 4.78 is 10.9. The summed E-state index contributed by atoms with van der Waals surface area (Å²) in [4.78, 5) is 13.7. The van der Waals surface area contributed by atoms with Crippen LogP contribution in [0.3, 0.4) is 0 Å². The molecule has 1 aliphatic carbocycles. The van der Waals surface area contributed by atoms with Gasteiger partial charge in [0.1, 0.15) is 0 Å². The van der Waals surface area contributed by atoms with Gasteiger partial charge in [0, 0.05) is 19.2 Å². The Bertz CT molecular complexity index is 289. The highest BCUT2D eigenvalue weighted by atomic mass is 16.5. The molecule has 18 heavy (non-hydrogen) atoms. The van der Waals surface area contributed by atoms with E-state index in [4.69, 9.17) is 9.47 Å². The molecule has 4 nitrogen and oxygen atoms in total. The molecule has 1 heterocycles. The summed E-state index contributed by atoms with van der Waals surface area (Å²) in [6.07, 6.45) is 6.45. The van der Waals surface area contributed by atoms with Gasteiger partial charge in [-0.05, 0) is 46.1 Å². The number of ether oxygens (including phenoxy) is 2. The lowest BCUT2D eigenvalue weighted by molar-refractivity contribution is -0.149. The van der Waals surface area contributed by atoms with E-state index in [1.54, 1.807) is 0 Å². The van der Waals surface area contributed by atoms with Gasteiger partial charge in [-0.15, -0.1) is 0 Å². The Morgan fingerprint density at radius 1 is 1.50 bits per heavy atom. The number of esters is 1. The Morgan fingerprint density at radius 2 is 2.28 bits per heavy atom. The van der Waals surface area contributed by atoms with Gasteiger partial charge in [0.15, 0.2) is 0 Å². The number of hydrogen-bond donors (Lipinski definition) is 0. The van der Waals surface area contributed by atoms with Crippen molar-refractivity contribution in [2.24, 2.45) is 0 Å². The molecule has 104 valence electrons. The van der Waals surface area contributed by atoms with E-state index in [0.717, 1.165) is 26.0 Å². The average Bonchev–Trinajstić information content (AvgIpc) is 2.34. The van der Waals surface area contributed by atoms with Crippen molar-refractivity contribution in [1.82, 2.24) is 4.90 Å². The molecule has 0 aromatic rings. The zero-order chi connectivity index (χ0) is 13.0. The maximum Gasteiger partial charge on any atom is 0.307 e. The highest BCUT2D eigenvalue weighted by molar-refractivity contribution is 5.69. The number of hydrogen-bond acceptors (Lipinski definition) is 4. The fraction of sp³-hybridized carbons (Fsp3) is 0.929. The van der Waals surface area contributed by atoms with Crippen molar-refractivity contribution in [1.29, 1.82) is 0 Å². The molecule has 0 aromatic carbocycles. The van der Waals surface area contributed by atoms with Gasteiger partial charge in [-0.2, -0.15) is 0 Å². The third-order valence-electron chi connectivity index (χ3n) is 4.33. The van der Waals surface area contributed by atoms with Crippen molar-refractivity contribution in [3.05, 3.63) is 0 Å². The van der Waals surface area contributed by atoms with E-state index >= 15 is 0 Å². The highest BCUT2D eigenvalue weighted by Crippen LogP contribution is 2.43. The van der Waals surface area contributed by atoms with Crippen LogP contribution in [0.5, 0.6) is 0 Å². The second kappa shape index (κ2) is 6.02. The lowest BCUT2D eigenvalue weighted by atomic mass is 9.73.